The number of thioether (sulfide) groups is 1. The molecule has 1 aromatic carbocycles. The molecule has 2 aromatic rings. The normalized spacial score (nSPS) is 13.1. The van der Waals surface area contributed by atoms with Crippen molar-refractivity contribution >= 4 is 45.0 Å². The molecule has 2 rings (SSSR count). The molecule has 0 radical (unpaired) electrons. The zero-order valence-corrected chi connectivity index (χ0v) is 18.8. The minimum Gasteiger partial charge on any atom is -0.462 e. The van der Waals surface area contributed by atoms with Gasteiger partial charge in [-0.3, -0.25) is 0 Å². The topological polar surface area (TPSA) is 26.3 Å². The number of halogens is 4. The van der Waals surface area contributed by atoms with Gasteiger partial charge in [0, 0.05) is 14.2 Å². The fourth-order valence-corrected chi connectivity index (χ4v) is 5.00. The van der Waals surface area contributed by atoms with Gasteiger partial charge in [-0.15, -0.1) is 23.1 Å². The molecule has 0 fully saturated rings. The van der Waals surface area contributed by atoms with Crippen molar-refractivity contribution in [2.45, 2.75) is 43.5 Å². The van der Waals surface area contributed by atoms with Crippen LogP contribution >= 0.6 is 39.0 Å². The van der Waals surface area contributed by atoms with Crippen molar-refractivity contribution in [2.75, 3.05) is 6.61 Å². The molecule has 8 heteroatoms. The van der Waals surface area contributed by atoms with Gasteiger partial charge in [-0.05, 0) is 56.2 Å². The van der Waals surface area contributed by atoms with Gasteiger partial charge in [0.05, 0.1) is 18.3 Å². The second-order valence-electron chi connectivity index (χ2n) is 6.08. The molecular formula is C20H20BrF3O2S2. The molecule has 28 heavy (non-hydrogen) atoms. The highest BCUT2D eigenvalue weighted by Gasteiger charge is 2.25. The van der Waals surface area contributed by atoms with Gasteiger partial charge in [0.25, 0.3) is 0 Å². The Morgan fingerprint density at radius 2 is 1.93 bits per heavy atom. The lowest BCUT2D eigenvalue weighted by molar-refractivity contribution is -0.125. The van der Waals surface area contributed by atoms with Crippen LogP contribution in [0, 0.1) is 13.8 Å². The molecule has 152 valence electrons. The van der Waals surface area contributed by atoms with Gasteiger partial charge in [-0.1, -0.05) is 28.1 Å². The van der Waals surface area contributed by atoms with E-state index in [0.717, 1.165) is 31.4 Å². The summed E-state index contributed by atoms with van der Waals surface area (Å²) >= 11 is 6.22. The van der Waals surface area contributed by atoms with E-state index in [9.17, 15) is 18.0 Å². The minimum absolute atomic E-state index is 0.271. The summed E-state index contributed by atoms with van der Waals surface area (Å²) in [4.78, 5) is 14.1. The van der Waals surface area contributed by atoms with Crippen molar-refractivity contribution in [3.8, 4) is 0 Å². The standard InChI is InChI=1S/C20H20BrF3O2S2/c1-4-26-19(25)17-8-7-16(28-17)15(6-5-9-20(22,23)24)27-14-10-12(2)18(21)13(3)11-14/h5-8,10-11,15H,4,9H2,1-3H3/b6-5-. The monoisotopic (exact) mass is 492 g/mol. The maximum absolute atomic E-state index is 12.6. The number of rotatable bonds is 7. The summed E-state index contributed by atoms with van der Waals surface area (Å²) in [5, 5.41) is -0.337. The molecule has 1 atom stereocenters. The van der Waals surface area contributed by atoms with E-state index in [0.29, 0.717) is 4.88 Å². The average Bonchev–Trinajstić information content (AvgIpc) is 3.08. The Kier molecular flexibility index (Phi) is 8.21. The zero-order chi connectivity index (χ0) is 20.9. The van der Waals surface area contributed by atoms with Crippen molar-refractivity contribution in [1.82, 2.24) is 0 Å². The van der Waals surface area contributed by atoms with E-state index in [-0.39, 0.29) is 11.9 Å². The first-order chi connectivity index (χ1) is 13.1. The summed E-state index contributed by atoms with van der Waals surface area (Å²) in [7, 11) is 0. The molecule has 1 unspecified atom stereocenters. The van der Waals surface area contributed by atoms with E-state index in [1.165, 1.54) is 23.1 Å². The number of aryl methyl sites for hydroxylation is 2. The number of esters is 1. The lowest BCUT2D eigenvalue weighted by Gasteiger charge is -2.14. The average molecular weight is 493 g/mol. The van der Waals surface area contributed by atoms with Gasteiger partial charge in [0.15, 0.2) is 0 Å². The highest BCUT2D eigenvalue weighted by Crippen LogP contribution is 2.41. The summed E-state index contributed by atoms with van der Waals surface area (Å²) in [5.41, 5.74) is 2.11. The largest absolute Gasteiger partial charge is 0.462 e. The highest BCUT2D eigenvalue weighted by atomic mass is 79.9. The predicted octanol–water partition coefficient (Wildman–Crippen LogP) is 7.65. The zero-order valence-electron chi connectivity index (χ0n) is 15.6. The Morgan fingerprint density at radius 1 is 1.29 bits per heavy atom. The van der Waals surface area contributed by atoms with E-state index in [1.54, 1.807) is 25.1 Å². The van der Waals surface area contributed by atoms with Crippen LogP contribution in [-0.2, 0) is 4.74 Å². The summed E-state index contributed by atoms with van der Waals surface area (Å²) in [5.74, 6) is -0.419. The van der Waals surface area contributed by atoms with Gasteiger partial charge in [-0.2, -0.15) is 13.2 Å². The first kappa shape index (κ1) is 23.0. The number of alkyl halides is 3. The fourth-order valence-electron chi connectivity index (χ4n) is 2.46. The lowest BCUT2D eigenvalue weighted by atomic mass is 10.2. The first-order valence-electron chi connectivity index (χ1n) is 8.54. The van der Waals surface area contributed by atoms with E-state index < -0.39 is 18.6 Å². The van der Waals surface area contributed by atoms with E-state index in [4.69, 9.17) is 4.74 Å². The molecule has 0 aliphatic rings. The second-order valence-corrected chi connectivity index (χ2v) is 9.20. The number of thiophene rings is 1. The number of carbonyl (C=O) groups is 1. The Hall–Kier alpha value is -1.25. The number of benzene rings is 1. The third-order valence-electron chi connectivity index (χ3n) is 3.72. The molecule has 0 amide bonds. The van der Waals surface area contributed by atoms with Gasteiger partial charge in [-0.25, -0.2) is 4.79 Å². The van der Waals surface area contributed by atoms with Crippen LogP contribution in [0.5, 0.6) is 0 Å². The molecule has 0 spiro atoms. The maximum atomic E-state index is 12.6. The summed E-state index contributed by atoms with van der Waals surface area (Å²) in [6, 6.07) is 7.41. The van der Waals surface area contributed by atoms with Crippen molar-refractivity contribution in [1.29, 1.82) is 0 Å². The molecular weight excluding hydrogens is 473 g/mol. The summed E-state index contributed by atoms with van der Waals surface area (Å²) in [6.07, 6.45) is -2.55. The van der Waals surface area contributed by atoms with Crippen LogP contribution in [-0.4, -0.2) is 18.8 Å². The fraction of sp³-hybridized carbons (Fsp3) is 0.350. The maximum Gasteiger partial charge on any atom is 0.392 e. The summed E-state index contributed by atoms with van der Waals surface area (Å²) < 4.78 is 43.7. The number of carbonyl (C=O) groups excluding carboxylic acids is 1. The number of hydrogen-bond acceptors (Lipinski definition) is 4. The van der Waals surface area contributed by atoms with Gasteiger partial charge in [0.2, 0.25) is 0 Å². The van der Waals surface area contributed by atoms with Crippen LogP contribution in [0.15, 0.2) is 45.8 Å². The SMILES string of the molecule is CCOC(=O)c1ccc(C(/C=C\CC(F)(F)F)Sc2cc(C)c(Br)c(C)c2)s1. The van der Waals surface area contributed by atoms with Gasteiger partial charge >= 0.3 is 12.1 Å². The van der Waals surface area contributed by atoms with E-state index in [1.807, 2.05) is 26.0 Å². The Labute approximate surface area is 179 Å². The molecule has 2 nitrogen and oxygen atoms in total. The summed E-state index contributed by atoms with van der Waals surface area (Å²) in [6.45, 7) is 5.94. The number of ether oxygens (including phenoxy) is 1. The molecule has 0 saturated heterocycles. The molecule has 1 aromatic heterocycles. The van der Waals surface area contributed by atoms with Crippen molar-refractivity contribution in [3.05, 3.63) is 61.8 Å². The smallest absolute Gasteiger partial charge is 0.392 e. The quantitative estimate of drug-likeness (QED) is 0.225. The first-order valence-corrected chi connectivity index (χ1v) is 11.0. The Balaban J connectivity index is 2.31. The van der Waals surface area contributed by atoms with Crippen LogP contribution in [0.4, 0.5) is 13.2 Å². The van der Waals surface area contributed by atoms with E-state index >= 15 is 0 Å². The molecule has 1 heterocycles. The van der Waals surface area contributed by atoms with Crippen molar-refractivity contribution < 1.29 is 22.7 Å². The number of allylic oxidation sites excluding steroid dienone is 1. The molecule has 0 aliphatic carbocycles. The van der Waals surface area contributed by atoms with Crippen molar-refractivity contribution in [2.24, 2.45) is 0 Å². The Bertz CT molecular complexity index is 836. The third kappa shape index (κ3) is 6.67. The lowest BCUT2D eigenvalue weighted by Crippen LogP contribution is -2.04. The predicted molar refractivity (Wildman–Crippen MR) is 112 cm³/mol. The molecule has 0 aliphatic heterocycles. The molecule has 0 bridgehead atoms. The molecule has 0 saturated carbocycles. The van der Waals surface area contributed by atoms with Gasteiger partial charge in [0.1, 0.15) is 4.88 Å². The van der Waals surface area contributed by atoms with Crippen molar-refractivity contribution in [3.63, 3.8) is 0 Å². The second kappa shape index (κ2) is 9.98. The van der Waals surface area contributed by atoms with Crippen LogP contribution < -0.4 is 0 Å². The van der Waals surface area contributed by atoms with E-state index in [2.05, 4.69) is 15.9 Å². The molecule has 0 N–H and O–H groups in total. The highest BCUT2D eigenvalue weighted by molar-refractivity contribution is 9.10. The van der Waals surface area contributed by atoms with Crippen LogP contribution in [0.25, 0.3) is 0 Å². The van der Waals surface area contributed by atoms with Gasteiger partial charge < -0.3 is 4.74 Å². The Morgan fingerprint density at radius 3 is 2.50 bits per heavy atom. The van der Waals surface area contributed by atoms with Crippen LogP contribution in [0.1, 0.15) is 44.3 Å². The van der Waals surface area contributed by atoms with Crippen LogP contribution in [0.3, 0.4) is 0 Å². The van der Waals surface area contributed by atoms with Crippen LogP contribution in [0.2, 0.25) is 0 Å². The third-order valence-corrected chi connectivity index (χ3v) is 7.44. The number of hydrogen-bond donors (Lipinski definition) is 0. The minimum atomic E-state index is -4.25.